The number of hydrogen-bond donors (Lipinski definition) is 1. The Morgan fingerprint density at radius 1 is 1.33 bits per heavy atom. The average molecular weight is 256 g/mol. The number of nitrogens with one attached hydrogen (secondary N) is 1. The third-order valence-electron chi connectivity index (χ3n) is 3.76. The van der Waals surface area contributed by atoms with Crippen molar-refractivity contribution in [3.63, 3.8) is 0 Å². The summed E-state index contributed by atoms with van der Waals surface area (Å²) in [6.07, 6.45) is 1.17. The van der Waals surface area contributed by atoms with Crippen LogP contribution in [0, 0.1) is 11.8 Å². The van der Waals surface area contributed by atoms with Crippen LogP contribution in [0.3, 0.4) is 0 Å². The Kier molecular flexibility index (Phi) is 6.09. The van der Waals surface area contributed by atoms with Gasteiger partial charge in [0.05, 0.1) is 18.8 Å². The molecule has 4 nitrogen and oxygen atoms in total. The van der Waals surface area contributed by atoms with Gasteiger partial charge in [-0.2, -0.15) is 0 Å². The Morgan fingerprint density at radius 2 is 2.00 bits per heavy atom. The van der Waals surface area contributed by atoms with E-state index in [2.05, 4.69) is 33.0 Å². The fraction of sp³-hybridized carbons (Fsp3) is 0.929. The highest BCUT2D eigenvalue weighted by atomic mass is 16.5. The Labute approximate surface area is 111 Å². The lowest BCUT2D eigenvalue weighted by Gasteiger charge is -2.27. The lowest BCUT2D eigenvalue weighted by Crippen LogP contribution is -2.43. The summed E-state index contributed by atoms with van der Waals surface area (Å²) in [5, 5.41) is 3.49. The van der Waals surface area contributed by atoms with Crippen molar-refractivity contribution in [2.45, 2.75) is 53.2 Å². The normalized spacial score (nSPS) is 26.1. The molecule has 18 heavy (non-hydrogen) atoms. The molecule has 1 amide bonds. The molecule has 0 bridgehead atoms. The fourth-order valence-corrected chi connectivity index (χ4v) is 2.41. The third-order valence-corrected chi connectivity index (χ3v) is 3.76. The van der Waals surface area contributed by atoms with Gasteiger partial charge in [-0.3, -0.25) is 10.1 Å². The van der Waals surface area contributed by atoms with Crippen LogP contribution in [0.4, 0.5) is 0 Å². The molecule has 1 saturated heterocycles. The highest BCUT2D eigenvalue weighted by molar-refractivity contribution is 5.84. The summed E-state index contributed by atoms with van der Waals surface area (Å²) in [5.41, 5.74) is 0. The van der Waals surface area contributed by atoms with Crippen molar-refractivity contribution in [1.82, 2.24) is 10.2 Å². The zero-order valence-corrected chi connectivity index (χ0v) is 12.4. The maximum atomic E-state index is 12.4. The summed E-state index contributed by atoms with van der Waals surface area (Å²) in [6, 6.07) is -0.0240. The van der Waals surface area contributed by atoms with Crippen LogP contribution in [0.2, 0.25) is 0 Å². The first-order valence-corrected chi connectivity index (χ1v) is 7.17. The number of carbonyl (C=O) groups excluding carboxylic acids is 1. The molecule has 0 saturated carbocycles. The van der Waals surface area contributed by atoms with Gasteiger partial charge < -0.3 is 9.64 Å². The molecule has 106 valence electrons. The molecule has 0 spiro atoms. The molecule has 3 unspecified atom stereocenters. The van der Waals surface area contributed by atoms with Gasteiger partial charge in [0.2, 0.25) is 5.91 Å². The second-order valence-corrected chi connectivity index (χ2v) is 5.45. The standard InChI is InChI=1S/C14H28N2O2/c1-6-11(5)12-14(17)16(8-9-18-7-2)13(15-12)10(3)4/h10-13,15H,6-9H2,1-5H3. The van der Waals surface area contributed by atoms with E-state index in [9.17, 15) is 4.79 Å². The van der Waals surface area contributed by atoms with E-state index in [1.54, 1.807) is 0 Å². The van der Waals surface area contributed by atoms with Crippen LogP contribution < -0.4 is 5.32 Å². The third kappa shape index (κ3) is 3.45. The van der Waals surface area contributed by atoms with Gasteiger partial charge in [-0.15, -0.1) is 0 Å². The van der Waals surface area contributed by atoms with E-state index < -0.39 is 0 Å². The van der Waals surface area contributed by atoms with Crippen LogP contribution >= 0.6 is 0 Å². The Morgan fingerprint density at radius 3 is 2.50 bits per heavy atom. The molecule has 0 radical (unpaired) electrons. The molecule has 0 aromatic carbocycles. The van der Waals surface area contributed by atoms with Crippen molar-refractivity contribution in [2.75, 3.05) is 19.8 Å². The van der Waals surface area contributed by atoms with Crippen LogP contribution in [0.25, 0.3) is 0 Å². The van der Waals surface area contributed by atoms with Gasteiger partial charge in [-0.1, -0.05) is 34.1 Å². The second kappa shape index (κ2) is 7.10. The van der Waals surface area contributed by atoms with Gasteiger partial charge in [0.1, 0.15) is 0 Å². The summed E-state index contributed by atoms with van der Waals surface area (Å²) < 4.78 is 5.37. The van der Waals surface area contributed by atoms with E-state index >= 15 is 0 Å². The molecular weight excluding hydrogens is 228 g/mol. The van der Waals surface area contributed by atoms with E-state index in [1.165, 1.54) is 0 Å². The van der Waals surface area contributed by atoms with Gasteiger partial charge >= 0.3 is 0 Å². The minimum absolute atomic E-state index is 0.0240. The largest absolute Gasteiger partial charge is 0.380 e. The Bertz CT molecular complexity index is 269. The van der Waals surface area contributed by atoms with Crippen molar-refractivity contribution in [1.29, 1.82) is 0 Å². The lowest BCUT2D eigenvalue weighted by molar-refractivity contribution is -0.132. The molecule has 1 aliphatic rings. The topological polar surface area (TPSA) is 41.6 Å². The zero-order chi connectivity index (χ0) is 13.7. The molecule has 3 atom stereocenters. The maximum Gasteiger partial charge on any atom is 0.241 e. The molecular formula is C14H28N2O2. The Hall–Kier alpha value is -0.610. The molecule has 0 aliphatic carbocycles. The van der Waals surface area contributed by atoms with Crippen LogP contribution in [0.5, 0.6) is 0 Å². The van der Waals surface area contributed by atoms with Gasteiger partial charge in [0.15, 0.2) is 0 Å². The number of hydrogen-bond acceptors (Lipinski definition) is 3. The molecule has 0 aromatic rings. The summed E-state index contributed by atoms with van der Waals surface area (Å²) in [7, 11) is 0. The predicted molar refractivity (Wildman–Crippen MR) is 73.2 cm³/mol. The van der Waals surface area contributed by atoms with Crippen molar-refractivity contribution in [2.24, 2.45) is 11.8 Å². The first-order valence-electron chi connectivity index (χ1n) is 7.17. The zero-order valence-electron chi connectivity index (χ0n) is 12.4. The van der Waals surface area contributed by atoms with Gasteiger partial charge in [-0.25, -0.2) is 0 Å². The SMILES string of the molecule is CCOCCN1C(=O)C(C(C)CC)NC1C(C)C. The first-order chi connectivity index (χ1) is 8.52. The van der Waals surface area contributed by atoms with Crippen molar-refractivity contribution in [3.8, 4) is 0 Å². The monoisotopic (exact) mass is 256 g/mol. The molecule has 1 aliphatic heterocycles. The highest BCUT2D eigenvalue weighted by Gasteiger charge is 2.41. The molecule has 1 heterocycles. The quantitative estimate of drug-likeness (QED) is 0.707. The highest BCUT2D eigenvalue weighted by Crippen LogP contribution is 2.22. The first kappa shape index (κ1) is 15.4. The summed E-state index contributed by atoms with van der Waals surface area (Å²) in [4.78, 5) is 14.4. The van der Waals surface area contributed by atoms with Crippen molar-refractivity contribution < 1.29 is 9.53 Å². The molecule has 1 N–H and O–H groups in total. The van der Waals surface area contributed by atoms with Gasteiger partial charge in [0.25, 0.3) is 0 Å². The molecule has 1 fully saturated rings. The van der Waals surface area contributed by atoms with Gasteiger partial charge in [-0.05, 0) is 18.8 Å². The Balaban J connectivity index is 2.68. The summed E-state index contributed by atoms with van der Waals surface area (Å²) >= 11 is 0. The van der Waals surface area contributed by atoms with Gasteiger partial charge in [0, 0.05) is 13.2 Å². The number of carbonyl (C=O) groups is 1. The predicted octanol–water partition coefficient (Wildman–Crippen LogP) is 1.85. The minimum Gasteiger partial charge on any atom is -0.380 e. The van der Waals surface area contributed by atoms with Crippen LogP contribution in [0.15, 0.2) is 0 Å². The maximum absolute atomic E-state index is 12.4. The van der Waals surface area contributed by atoms with Crippen LogP contribution in [0.1, 0.15) is 41.0 Å². The fourth-order valence-electron chi connectivity index (χ4n) is 2.41. The average Bonchev–Trinajstić information content (AvgIpc) is 2.67. The van der Waals surface area contributed by atoms with E-state index in [0.717, 1.165) is 6.42 Å². The molecule has 4 heteroatoms. The summed E-state index contributed by atoms with van der Waals surface area (Å²) in [6.45, 7) is 12.6. The van der Waals surface area contributed by atoms with E-state index in [0.29, 0.717) is 31.6 Å². The van der Waals surface area contributed by atoms with E-state index in [-0.39, 0.29) is 18.1 Å². The van der Waals surface area contributed by atoms with Crippen LogP contribution in [-0.2, 0) is 9.53 Å². The number of rotatable bonds is 7. The lowest BCUT2D eigenvalue weighted by atomic mass is 9.99. The smallest absolute Gasteiger partial charge is 0.241 e. The van der Waals surface area contributed by atoms with Crippen LogP contribution in [-0.4, -0.2) is 42.8 Å². The van der Waals surface area contributed by atoms with Crippen molar-refractivity contribution in [3.05, 3.63) is 0 Å². The summed E-state index contributed by atoms with van der Waals surface area (Å²) in [5.74, 6) is 1.04. The number of ether oxygens (including phenoxy) is 1. The number of amides is 1. The minimum atomic E-state index is -0.0240. The second-order valence-electron chi connectivity index (χ2n) is 5.45. The number of nitrogens with zero attached hydrogens (tertiary/aromatic N) is 1. The molecule has 0 aromatic heterocycles. The van der Waals surface area contributed by atoms with E-state index in [4.69, 9.17) is 4.74 Å². The van der Waals surface area contributed by atoms with Crippen molar-refractivity contribution >= 4 is 5.91 Å². The molecule has 1 rings (SSSR count). The van der Waals surface area contributed by atoms with E-state index in [1.807, 2.05) is 11.8 Å².